The van der Waals surface area contributed by atoms with Crippen molar-refractivity contribution in [2.75, 3.05) is 52.8 Å². The lowest BCUT2D eigenvalue weighted by atomic mass is 9.81. The fraction of sp³-hybridized carbons (Fsp3) is 0.721. The molecule has 8 atom stereocenters. The zero-order chi connectivity index (χ0) is 44.2. The van der Waals surface area contributed by atoms with Crippen molar-refractivity contribution in [1.82, 2.24) is 30.9 Å². The second-order valence-corrected chi connectivity index (χ2v) is 17.2. The first kappa shape index (κ1) is 47.2. The molecule has 19 nitrogen and oxygen atoms in total. The van der Waals surface area contributed by atoms with Gasteiger partial charge in [0.1, 0.15) is 31.1 Å². The molecule has 5 aliphatic rings. The van der Waals surface area contributed by atoms with Crippen LogP contribution in [0.5, 0.6) is 5.75 Å². The lowest BCUT2D eigenvalue weighted by Gasteiger charge is -2.47. The fourth-order valence-corrected chi connectivity index (χ4v) is 8.90. The monoisotopic (exact) mass is 872 g/mol. The van der Waals surface area contributed by atoms with Gasteiger partial charge in [0.25, 0.3) is 5.91 Å². The number of aliphatic carboxylic acids is 1. The van der Waals surface area contributed by atoms with Gasteiger partial charge in [-0.3, -0.25) is 14.4 Å². The summed E-state index contributed by atoms with van der Waals surface area (Å²) >= 11 is 0. The van der Waals surface area contributed by atoms with Crippen LogP contribution in [0.2, 0.25) is 0 Å². The number of aliphatic hydroxyl groups is 3. The molecule has 62 heavy (non-hydrogen) atoms. The Morgan fingerprint density at radius 1 is 0.871 bits per heavy atom. The first-order valence-corrected chi connectivity index (χ1v) is 22.0. The first-order valence-electron chi connectivity index (χ1n) is 22.0. The number of benzene rings is 1. The average Bonchev–Trinajstić information content (AvgIpc) is 3.73. The molecule has 1 aromatic heterocycles. The summed E-state index contributed by atoms with van der Waals surface area (Å²) in [6.45, 7) is 4.64. The Morgan fingerprint density at radius 2 is 1.58 bits per heavy atom. The highest BCUT2D eigenvalue weighted by Gasteiger charge is 2.54. The number of nitrogens with zero attached hydrogens (tertiary/aromatic N) is 3. The third-order valence-electron chi connectivity index (χ3n) is 12.3. The van der Waals surface area contributed by atoms with Crippen molar-refractivity contribution >= 4 is 23.7 Å². The highest BCUT2D eigenvalue weighted by atomic mass is 16.6. The summed E-state index contributed by atoms with van der Waals surface area (Å²) in [5, 5.41) is 61.8. The third-order valence-corrected chi connectivity index (χ3v) is 12.3. The quantitative estimate of drug-likeness (QED) is 0.205. The van der Waals surface area contributed by atoms with E-state index in [-0.39, 0.29) is 75.7 Å². The van der Waals surface area contributed by atoms with Gasteiger partial charge in [-0.25, -0.2) is 9.48 Å². The van der Waals surface area contributed by atoms with Gasteiger partial charge >= 0.3 is 5.97 Å². The van der Waals surface area contributed by atoms with Gasteiger partial charge in [-0.1, -0.05) is 24.5 Å². The van der Waals surface area contributed by atoms with E-state index in [0.717, 1.165) is 37.8 Å². The molecule has 0 radical (unpaired) electrons. The number of hydrogen-bond donors (Lipinski definition) is 7. The Hall–Kier alpha value is -4.24. The van der Waals surface area contributed by atoms with Crippen LogP contribution in [-0.2, 0) is 39.9 Å². The normalized spacial score (nSPS) is 30.3. The predicted molar refractivity (Wildman–Crippen MR) is 220 cm³/mol. The molecule has 3 fully saturated rings. The van der Waals surface area contributed by atoms with Crippen LogP contribution in [0.3, 0.4) is 0 Å². The number of rotatable bonds is 7. The minimum absolute atomic E-state index is 0.109. The zero-order valence-corrected chi connectivity index (χ0v) is 35.8. The lowest BCUT2D eigenvalue weighted by Crippen LogP contribution is -2.67. The molecular weight excluding hydrogens is 809 g/mol. The fourth-order valence-electron chi connectivity index (χ4n) is 8.90. The standard InChI is InChI=1S/C43H64N6O13/c1-26-17-30-18-27(2)38(26)61-16-15-60-25-31(45-41(55)29-11-8-14-58-23-29)24-59-13-7-6-12-43(42(56)57)19-33(50)36(39(62-43)37(53)34(51)20-44-40(30)54)46-35(52)22-49-21-32(47-48-49)28-9-4-3-5-10-28/h17-18,21,28-29,31,33-34,36-37,39,50-51,53H,3-16,19-20,22-25H2,1-2H3,(H,44,54)(H,45,55)(H,46,52)(H,56,57)/t29?,31?,33-,34+,36?,37+,39?,43+/m0/s1. The van der Waals surface area contributed by atoms with Crippen LogP contribution in [0.25, 0.3) is 0 Å². The van der Waals surface area contributed by atoms with E-state index < -0.39 is 72.8 Å². The molecule has 2 saturated heterocycles. The Kier molecular flexibility index (Phi) is 17.1. The number of aromatic nitrogens is 3. The Balaban J connectivity index is 1.19. The zero-order valence-electron chi connectivity index (χ0n) is 35.8. The van der Waals surface area contributed by atoms with Gasteiger partial charge in [0, 0.05) is 43.9 Å². The smallest absolute Gasteiger partial charge is 0.336 e. The molecule has 4 aliphatic heterocycles. The number of aryl methyl sites for hydroxylation is 2. The maximum atomic E-state index is 13.5. The lowest BCUT2D eigenvalue weighted by molar-refractivity contribution is -0.229. The van der Waals surface area contributed by atoms with E-state index in [2.05, 4.69) is 26.3 Å². The maximum absolute atomic E-state index is 13.5. The summed E-state index contributed by atoms with van der Waals surface area (Å²) < 4.78 is 31.0. The molecule has 7 rings (SSSR count). The van der Waals surface area contributed by atoms with Gasteiger partial charge in [-0.05, 0) is 82.1 Å². The molecule has 0 spiro atoms. The van der Waals surface area contributed by atoms with Gasteiger partial charge in [-0.2, -0.15) is 0 Å². The van der Waals surface area contributed by atoms with E-state index >= 15 is 0 Å². The molecule has 19 heteroatoms. The van der Waals surface area contributed by atoms with E-state index in [0.29, 0.717) is 42.9 Å². The van der Waals surface area contributed by atoms with Crippen molar-refractivity contribution in [3.05, 3.63) is 40.7 Å². The van der Waals surface area contributed by atoms with Crippen molar-refractivity contribution in [3.8, 4) is 5.75 Å². The van der Waals surface area contributed by atoms with Crippen LogP contribution in [0.15, 0.2) is 18.3 Å². The summed E-state index contributed by atoms with van der Waals surface area (Å²) in [6, 6.07) is 1.39. The molecule has 5 heterocycles. The number of carbonyl (C=O) groups excluding carboxylic acids is 3. The molecule has 7 N–H and O–H groups in total. The average molecular weight is 873 g/mol. The van der Waals surface area contributed by atoms with Gasteiger partial charge in [0.05, 0.1) is 62.3 Å². The van der Waals surface area contributed by atoms with Crippen molar-refractivity contribution < 1.29 is 63.3 Å². The van der Waals surface area contributed by atoms with Crippen LogP contribution in [0, 0.1) is 19.8 Å². The minimum Gasteiger partial charge on any atom is -0.491 e. The number of ether oxygens (including phenoxy) is 5. The molecule has 344 valence electrons. The first-order chi connectivity index (χ1) is 29.8. The second kappa shape index (κ2) is 22.4. The number of carboxylic acid groups (broad SMARTS) is 1. The Bertz CT molecular complexity index is 1790. The third kappa shape index (κ3) is 12.5. The van der Waals surface area contributed by atoms with Crippen molar-refractivity contribution in [2.45, 2.75) is 139 Å². The van der Waals surface area contributed by atoms with Gasteiger partial charge in [-0.15, -0.1) is 5.10 Å². The van der Waals surface area contributed by atoms with E-state index in [1.807, 2.05) is 0 Å². The predicted octanol–water partition coefficient (Wildman–Crippen LogP) is 1.06. The van der Waals surface area contributed by atoms with Crippen LogP contribution in [0.1, 0.15) is 104 Å². The van der Waals surface area contributed by atoms with Crippen LogP contribution in [0.4, 0.5) is 0 Å². The second-order valence-electron chi connectivity index (χ2n) is 17.2. The summed E-state index contributed by atoms with van der Waals surface area (Å²) in [6.07, 6.45) is 1.91. The van der Waals surface area contributed by atoms with Gasteiger partial charge < -0.3 is 60.1 Å². The Labute approximate surface area is 361 Å². The molecule has 1 aliphatic carbocycles. The molecular formula is C43H64N6O13. The van der Waals surface area contributed by atoms with E-state index in [4.69, 9.17) is 23.7 Å². The maximum Gasteiger partial charge on any atom is 0.336 e. The number of hydrogen-bond acceptors (Lipinski definition) is 14. The molecule has 4 bridgehead atoms. The number of aliphatic hydroxyl groups excluding tert-OH is 3. The number of carboxylic acids is 1. The van der Waals surface area contributed by atoms with Crippen molar-refractivity contribution in [2.24, 2.45) is 5.92 Å². The van der Waals surface area contributed by atoms with Gasteiger partial charge in [0.15, 0.2) is 5.60 Å². The van der Waals surface area contributed by atoms with E-state index in [1.54, 1.807) is 32.2 Å². The topological polar surface area (TPSA) is 262 Å². The summed E-state index contributed by atoms with van der Waals surface area (Å²) in [5.74, 6) is -2.18. The molecule has 1 saturated carbocycles. The molecule has 3 amide bonds. The Morgan fingerprint density at radius 3 is 2.29 bits per heavy atom. The highest BCUT2D eigenvalue weighted by Crippen LogP contribution is 2.36. The number of fused-ring (bicyclic) bond motifs is 17. The van der Waals surface area contributed by atoms with Crippen LogP contribution in [-0.4, -0.2) is 154 Å². The summed E-state index contributed by atoms with van der Waals surface area (Å²) in [4.78, 5) is 53.0. The van der Waals surface area contributed by atoms with Crippen molar-refractivity contribution in [3.63, 3.8) is 0 Å². The molecule has 2 aromatic rings. The van der Waals surface area contributed by atoms with E-state index in [1.165, 1.54) is 11.1 Å². The summed E-state index contributed by atoms with van der Waals surface area (Å²) in [5.41, 5.74) is 0.379. The largest absolute Gasteiger partial charge is 0.491 e. The number of nitrogens with one attached hydrogen (secondary N) is 3. The van der Waals surface area contributed by atoms with Gasteiger partial charge in [0.2, 0.25) is 11.8 Å². The van der Waals surface area contributed by atoms with Crippen LogP contribution < -0.4 is 20.7 Å². The van der Waals surface area contributed by atoms with E-state index in [9.17, 15) is 39.6 Å². The minimum atomic E-state index is -2.02. The SMILES string of the molecule is Cc1cc2cc(C)c1OCCOCC(NC(=O)C1CCCOC1)COCCCC[C@]1(C(=O)O)C[C@H](O)C(NC(=O)Cn3cc(C4CCCCC4)nn3)C(O1)[C@H](O)[C@H](O)CNC2=O. The number of amides is 3. The number of carbonyl (C=O) groups is 4. The van der Waals surface area contributed by atoms with Crippen molar-refractivity contribution in [1.29, 1.82) is 0 Å². The van der Waals surface area contributed by atoms with Crippen LogP contribution >= 0.6 is 0 Å². The summed E-state index contributed by atoms with van der Waals surface area (Å²) in [7, 11) is 0. The highest BCUT2D eigenvalue weighted by molar-refractivity contribution is 5.95. The molecule has 1 aromatic carbocycles. The molecule has 4 unspecified atom stereocenters.